The lowest BCUT2D eigenvalue weighted by Gasteiger charge is -2.33. The number of amides is 1. The fraction of sp³-hybridized carbons (Fsp3) is 0.933. The molecule has 2 rings (SSSR count). The van der Waals surface area contributed by atoms with Gasteiger partial charge < -0.3 is 10.2 Å². The van der Waals surface area contributed by atoms with Crippen LogP contribution in [0.25, 0.3) is 0 Å². The maximum Gasteiger partial charge on any atom is 0.239 e. The zero-order chi connectivity index (χ0) is 13.0. The second-order valence-corrected chi connectivity index (χ2v) is 6.35. The molecule has 0 aromatic carbocycles. The van der Waals surface area contributed by atoms with Crippen LogP contribution in [0.1, 0.15) is 58.8 Å². The molecule has 1 heterocycles. The molecule has 1 amide bonds. The Balaban J connectivity index is 1.68. The van der Waals surface area contributed by atoms with Gasteiger partial charge in [0.05, 0.1) is 6.04 Å². The Kier molecular flexibility index (Phi) is 5.04. The molecular weight excluding hydrogens is 224 g/mol. The van der Waals surface area contributed by atoms with Gasteiger partial charge in [-0.2, -0.15) is 0 Å². The van der Waals surface area contributed by atoms with Crippen LogP contribution in [0.4, 0.5) is 0 Å². The molecule has 0 aromatic rings. The molecule has 3 nitrogen and oxygen atoms in total. The van der Waals surface area contributed by atoms with Crippen molar-refractivity contribution in [2.24, 2.45) is 5.92 Å². The molecule has 1 saturated carbocycles. The van der Waals surface area contributed by atoms with Crippen molar-refractivity contribution in [3.05, 3.63) is 0 Å². The Hall–Kier alpha value is -0.570. The molecule has 1 aliphatic carbocycles. The maximum atomic E-state index is 12.3. The first kappa shape index (κ1) is 13.9. The Morgan fingerprint density at radius 3 is 2.72 bits per heavy atom. The summed E-state index contributed by atoms with van der Waals surface area (Å²) in [6.07, 6.45) is 8.43. The Morgan fingerprint density at radius 1 is 1.28 bits per heavy atom. The van der Waals surface area contributed by atoms with Crippen molar-refractivity contribution < 1.29 is 4.79 Å². The van der Waals surface area contributed by atoms with Crippen molar-refractivity contribution in [1.82, 2.24) is 10.2 Å². The molecule has 0 bridgehead atoms. The van der Waals surface area contributed by atoms with Crippen LogP contribution in [-0.4, -0.2) is 36.0 Å². The maximum absolute atomic E-state index is 12.3. The minimum atomic E-state index is 0.122. The highest BCUT2D eigenvalue weighted by atomic mass is 16.2. The van der Waals surface area contributed by atoms with E-state index in [9.17, 15) is 4.79 Å². The molecule has 0 aromatic heterocycles. The molecule has 0 radical (unpaired) electrons. The van der Waals surface area contributed by atoms with Gasteiger partial charge in [-0.05, 0) is 38.0 Å². The number of hydrogen-bond acceptors (Lipinski definition) is 2. The van der Waals surface area contributed by atoms with Crippen LogP contribution in [-0.2, 0) is 4.79 Å². The van der Waals surface area contributed by atoms with E-state index in [0.717, 1.165) is 25.4 Å². The van der Waals surface area contributed by atoms with Crippen molar-refractivity contribution in [2.75, 3.05) is 13.1 Å². The van der Waals surface area contributed by atoms with Gasteiger partial charge in [0.15, 0.2) is 0 Å². The summed E-state index contributed by atoms with van der Waals surface area (Å²) in [5.74, 6) is 1.14. The topological polar surface area (TPSA) is 32.3 Å². The normalized spacial score (nSPS) is 24.9. The average Bonchev–Trinajstić information content (AvgIpc) is 3.12. The molecule has 1 aliphatic heterocycles. The van der Waals surface area contributed by atoms with Crippen LogP contribution < -0.4 is 5.32 Å². The highest BCUT2D eigenvalue weighted by molar-refractivity contribution is 5.82. The van der Waals surface area contributed by atoms with Crippen LogP contribution >= 0.6 is 0 Å². The van der Waals surface area contributed by atoms with Crippen LogP contribution in [0, 0.1) is 5.92 Å². The molecule has 1 N–H and O–H groups in total. The number of likely N-dealkylation sites (tertiary alicyclic amines) is 1. The van der Waals surface area contributed by atoms with Crippen LogP contribution in [0.2, 0.25) is 0 Å². The van der Waals surface area contributed by atoms with Gasteiger partial charge >= 0.3 is 0 Å². The van der Waals surface area contributed by atoms with E-state index in [1.54, 1.807) is 0 Å². The molecule has 1 saturated heterocycles. The second-order valence-electron chi connectivity index (χ2n) is 6.35. The quantitative estimate of drug-likeness (QED) is 0.706. The van der Waals surface area contributed by atoms with Gasteiger partial charge in [-0.25, -0.2) is 0 Å². The number of rotatable bonds is 7. The van der Waals surface area contributed by atoms with Gasteiger partial charge in [-0.3, -0.25) is 4.79 Å². The lowest BCUT2D eigenvalue weighted by Crippen LogP contribution is -2.51. The number of hydrogen-bond donors (Lipinski definition) is 1. The monoisotopic (exact) mass is 252 g/mol. The Bertz CT molecular complexity index is 274. The van der Waals surface area contributed by atoms with E-state index < -0.39 is 0 Å². The van der Waals surface area contributed by atoms with Crippen LogP contribution in [0.15, 0.2) is 0 Å². The van der Waals surface area contributed by atoms with E-state index in [0.29, 0.717) is 11.9 Å². The molecule has 104 valence electrons. The summed E-state index contributed by atoms with van der Waals surface area (Å²) in [6, 6.07) is 0.760. The fourth-order valence-electron chi connectivity index (χ4n) is 2.71. The molecule has 1 unspecified atom stereocenters. The van der Waals surface area contributed by atoms with E-state index in [2.05, 4.69) is 24.1 Å². The summed E-state index contributed by atoms with van der Waals surface area (Å²) in [5, 5.41) is 3.49. The molecule has 2 fully saturated rings. The van der Waals surface area contributed by atoms with E-state index in [-0.39, 0.29) is 6.04 Å². The van der Waals surface area contributed by atoms with Crippen molar-refractivity contribution in [2.45, 2.75) is 70.9 Å². The highest BCUT2D eigenvalue weighted by Gasteiger charge is 2.32. The first-order valence-corrected chi connectivity index (χ1v) is 7.71. The second kappa shape index (κ2) is 6.55. The fourth-order valence-corrected chi connectivity index (χ4v) is 2.71. The van der Waals surface area contributed by atoms with Gasteiger partial charge in [0.2, 0.25) is 5.91 Å². The summed E-state index contributed by atoms with van der Waals surface area (Å²) in [7, 11) is 0. The lowest BCUT2D eigenvalue weighted by atomic mass is 10.0. The minimum Gasteiger partial charge on any atom is -0.341 e. The van der Waals surface area contributed by atoms with E-state index in [1.807, 2.05) is 0 Å². The lowest BCUT2D eigenvalue weighted by molar-refractivity contribution is -0.136. The van der Waals surface area contributed by atoms with Crippen molar-refractivity contribution >= 4 is 5.91 Å². The molecule has 0 spiro atoms. The molecule has 2 aliphatic rings. The van der Waals surface area contributed by atoms with Gasteiger partial charge in [0, 0.05) is 19.1 Å². The van der Waals surface area contributed by atoms with E-state index in [4.69, 9.17) is 0 Å². The third kappa shape index (κ3) is 4.27. The summed E-state index contributed by atoms with van der Waals surface area (Å²) >= 11 is 0. The van der Waals surface area contributed by atoms with Crippen molar-refractivity contribution in [3.8, 4) is 0 Å². The Morgan fingerprint density at radius 2 is 2.06 bits per heavy atom. The number of nitrogens with zero attached hydrogens (tertiary/aromatic N) is 1. The zero-order valence-electron chi connectivity index (χ0n) is 12.0. The molecule has 18 heavy (non-hydrogen) atoms. The number of unbranched alkanes of at least 4 members (excludes halogenated alkanes) is 1. The van der Waals surface area contributed by atoms with Crippen LogP contribution in [0.3, 0.4) is 0 Å². The standard InChI is InChI=1S/C15H28N2O/c1-12(2)6-3-4-10-17-11-5-7-14(15(17)18)16-13-8-9-13/h12-14,16H,3-11H2,1-2H3. The van der Waals surface area contributed by atoms with Gasteiger partial charge in [-0.1, -0.05) is 26.7 Å². The molecule has 1 atom stereocenters. The summed E-state index contributed by atoms with van der Waals surface area (Å²) in [4.78, 5) is 14.4. The van der Waals surface area contributed by atoms with Gasteiger partial charge in [0.1, 0.15) is 0 Å². The number of carbonyl (C=O) groups excluding carboxylic acids is 1. The number of piperidine rings is 1. The van der Waals surface area contributed by atoms with E-state index in [1.165, 1.54) is 38.5 Å². The third-order valence-corrected chi connectivity index (χ3v) is 4.00. The SMILES string of the molecule is CC(C)CCCCN1CCCC(NC2CC2)C1=O. The molecule has 3 heteroatoms. The minimum absolute atomic E-state index is 0.122. The summed E-state index contributed by atoms with van der Waals surface area (Å²) in [6.45, 7) is 6.47. The first-order chi connectivity index (χ1) is 8.66. The molecular formula is C15H28N2O. The highest BCUT2D eigenvalue weighted by Crippen LogP contribution is 2.22. The van der Waals surface area contributed by atoms with Gasteiger partial charge in [0.25, 0.3) is 0 Å². The zero-order valence-corrected chi connectivity index (χ0v) is 12.0. The Labute approximate surface area is 111 Å². The van der Waals surface area contributed by atoms with Crippen molar-refractivity contribution in [3.63, 3.8) is 0 Å². The van der Waals surface area contributed by atoms with Crippen LogP contribution in [0.5, 0.6) is 0 Å². The third-order valence-electron chi connectivity index (χ3n) is 4.00. The predicted octanol–water partition coefficient (Wildman–Crippen LogP) is 2.56. The first-order valence-electron chi connectivity index (χ1n) is 7.71. The largest absolute Gasteiger partial charge is 0.341 e. The van der Waals surface area contributed by atoms with Crippen molar-refractivity contribution in [1.29, 1.82) is 0 Å². The summed E-state index contributed by atoms with van der Waals surface area (Å²) < 4.78 is 0. The van der Waals surface area contributed by atoms with E-state index >= 15 is 0 Å². The smallest absolute Gasteiger partial charge is 0.239 e. The summed E-state index contributed by atoms with van der Waals surface area (Å²) in [5.41, 5.74) is 0. The predicted molar refractivity (Wildman–Crippen MR) is 74.4 cm³/mol. The average molecular weight is 252 g/mol. The number of nitrogens with one attached hydrogen (secondary N) is 1. The van der Waals surface area contributed by atoms with Gasteiger partial charge in [-0.15, -0.1) is 0 Å². The number of carbonyl (C=O) groups is 1.